The van der Waals surface area contributed by atoms with Gasteiger partial charge in [-0.05, 0) is 67.1 Å². The fourth-order valence-corrected chi connectivity index (χ4v) is 4.33. The van der Waals surface area contributed by atoms with E-state index in [-0.39, 0.29) is 49.1 Å². The number of carbonyl (C=O) groups is 4. The zero-order valence-corrected chi connectivity index (χ0v) is 23.0. The first-order chi connectivity index (χ1) is 19.7. The van der Waals surface area contributed by atoms with Gasteiger partial charge in [-0.1, -0.05) is 54.6 Å². The van der Waals surface area contributed by atoms with E-state index in [0.29, 0.717) is 12.0 Å². The van der Waals surface area contributed by atoms with Gasteiger partial charge in [0.25, 0.3) is 5.91 Å². The van der Waals surface area contributed by atoms with E-state index in [9.17, 15) is 23.6 Å². The van der Waals surface area contributed by atoms with Crippen LogP contribution >= 0.6 is 0 Å². The number of aryl methyl sites for hydroxylation is 1. The summed E-state index contributed by atoms with van der Waals surface area (Å²) in [5.41, 5.74) is 2.94. The molecule has 1 fully saturated rings. The lowest BCUT2D eigenvalue weighted by atomic mass is 10.0. The van der Waals surface area contributed by atoms with Crippen molar-refractivity contribution in [3.05, 3.63) is 95.8 Å². The van der Waals surface area contributed by atoms with Crippen LogP contribution in [0.25, 0.3) is 11.1 Å². The summed E-state index contributed by atoms with van der Waals surface area (Å²) in [5.74, 6) is -1.87. The van der Waals surface area contributed by atoms with Gasteiger partial charge in [0.15, 0.2) is 0 Å². The van der Waals surface area contributed by atoms with E-state index in [1.54, 1.807) is 24.3 Å². The Hall–Kier alpha value is -4.53. The maximum atomic E-state index is 13.1. The number of halogens is 1. The molecule has 4 amide bonds. The molecule has 1 atom stereocenters. The summed E-state index contributed by atoms with van der Waals surface area (Å²) in [6, 6.07) is 21.8. The molecule has 1 saturated carbocycles. The minimum Gasteiger partial charge on any atom is -0.353 e. The molecule has 0 heterocycles. The van der Waals surface area contributed by atoms with Crippen LogP contribution < -0.4 is 21.3 Å². The van der Waals surface area contributed by atoms with Gasteiger partial charge in [0.05, 0.1) is 6.42 Å². The summed E-state index contributed by atoms with van der Waals surface area (Å²) in [6.45, 7) is 2.21. The zero-order chi connectivity index (χ0) is 29.2. The van der Waals surface area contributed by atoms with Gasteiger partial charge in [-0.25, -0.2) is 4.39 Å². The third-order valence-corrected chi connectivity index (χ3v) is 6.98. The van der Waals surface area contributed by atoms with Gasteiger partial charge in [-0.15, -0.1) is 0 Å². The van der Waals surface area contributed by atoms with Gasteiger partial charge in [-0.2, -0.15) is 0 Å². The van der Waals surface area contributed by atoms with Crippen LogP contribution in [0, 0.1) is 5.82 Å². The molecule has 214 valence electrons. The minimum absolute atomic E-state index is 0.0762. The van der Waals surface area contributed by atoms with Crippen molar-refractivity contribution in [1.29, 1.82) is 0 Å². The van der Waals surface area contributed by atoms with Crippen molar-refractivity contribution in [3.8, 4) is 11.1 Å². The molecule has 1 aliphatic rings. The van der Waals surface area contributed by atoms with Crippen LogP contribution in [0.5, 0.6) is 0 Å². The lowest BCUT2D eigenvalue weighted by Gasteiger charge is -2.20. The van der Waals surface area contributed by atoms with E-state index < -0.39 is 17.9 Å². The van der Waals surface area contributed by atoms with Crippen LogP contribution in [-0.2, 0) is 20.8 Å². The number of nitrogens with one attached hydrogen (secondary N) is 4. The SMILES string of the molecule is CC1(NC(=O)C[C@H](NC(=O)CCc2ccc(F)cc2)C(=O)NCCNC(=O)c2cccc(-c3ccccc3)c2)CC1. The molecule has 9 heteroatoms. The van der Waals surface area contributed by atoms with Crippen LogP contribution in [0.4, 0.5) is 4.39 Å². The van der Waals surface area contributed by atoms with Gasteiger partial charge in [0.2, 0.25) is 17.7 Å². The Morgan fingerprint density at radius 2 is 1.51 bits per heavy atom. The van der Waals surface area contributed by atoms with Crippen LogP contribution in [0.2, 0.25) is 0 Å². The summed E-state index contributed by atoms with van der Waals surface area (Å²) >= 11 is 0. The van der Waals surface area contributed by atoms with Crippen LogP contribution in [0.1, 0.15) is 48.5 Å². The third-order valence-electron chi connectivity index (χ3n) is 6.98. The molecule has 4 rings (SSSR count). The topological polar surface area (TPSA) is 116 Å². The molecule has 0 saturated heterocycles. The smallest absolute Gasteiger partial charge is 0.251 e. The average Bonchev–Trinajstić information content (AvgIpc) is 3.70. The summed E-state index contributed by atoms with van der Waals surface area (Å²) in [7, 11) is 0. The van der Waals surface area contributed by atoms with Crippen molar-refractivity contribution in [2.75, 3.05) is 13.1 Å². The number of carbonyl (C=O) groups excluding carboxylic acids is 4. The van der Waals surface area contributed by atoms with Crippen molar-refractivity contribution in [2.24, 2.45) is 0 Å². The van der Waals surface area contributed by atoms with Gasteiger partial charge in [-0.3, -0.25) is 19.2 Å². The van der Waals surface area contributed by atoms with E-state index in [2.05, 4.69) is 21.3 Å². The molecule has 0 aromatic heterocycles. The predicted octanol–water partition coefficient (Wildman–Crippen LogP) is 3.52. The molecule has 0 radical (unpaired) electrons. The molecular formula is C32H35FN4O4. The second-order valence-electron chi connectivity index (χ2n) is 10.6. The zero-order valence-electron chi connectivity index (χ0n) is 23.0. The first kappa shape index (κ1) is 29.5. The van der Waals surface area contributed by atoms with E-state index in [0.717, 1.165) is 29.5 Å². The van der Waals surface area contributed by atoms with Crippen molar-refractivity contribution in [1.82, 2.24) is 21.3 Å². The summed E-state index contributed by atoms with van der Waals surface area (Å²) in [4.78, 5) is 50.9. The Balaban J connectivity index is 1.28. The van der Waals surface area contributed by atoms with Gasteiger partial charge < -0.3 is 21.3 Å². The fraction of sp³-hybridized carbons (Fsp3) is 0.312. The number of benzene rings is 3. The maximum absolute atomic E-state index is 13.1. The third kappa shape index (κ3) is 9.27. The Morgan fingerprint density at radius 1 is 0.829 bits per heavy atom. The van der Waals surface area contributed by atoms with Gasteiger partial charge >= 0.3 is 0 Å². The van der Waals surface area contributed by atoms with Crippen molar-refractivity contribution < 1.29 is 23.6 Å². The van der Waals surface area contributed by atoms with E-state index >= 15 is 0 Å². The monoisotopic (exact) mass is 558 g/mol. The Kier molecular flexibility index (Phi) is 9.84. The second kappa shape index (κ2) is 13.7. The van der Waals surface area contributed by atoms with Gasteiger partial charge in [0, 0.05) is 30.6 Å². The Bertz CT molecular complexity index is 1370. The second-order valence-corrected chi connectivity index (χ2v) is 10.6. The minimum atomic E-state index is -1.07. The van der Waals surface area contributed by atoms with Crippen LogP contribution in [0.3, 0.4) is 0 Å². The quantitative estimate of drug-likeness (QED) is 0.240. The lowest BCUT2D eigenvalue weighted by molar-refractivity contribution is -0.132. The molecule has 1 aliphatic carbocycles. The van der Waals surface area contributed by atoms with E-state index in [1.807, 2.05) is 49.4 Å². The molecule has 0 bridgehead atoms. The highest BCUT2D eigenvalue weighted by Crippen LogP contribution is 2.34. The number of amides is 4. The maximum Gasteiger partial charge on any atom is 0.251 e. The van der Waals surface area contributed by atoms with E-state index in [1.165, 1.54) is 12.1 Å². The van der Waals surface area contributed by atoms with Crippen molar-refractivity contribution in [3.63, 3.8) is 0 Å². The van der Waals surface area contributed by atoms with Crippen molar-refractivity contribution in [2.45, 2.75) is 50.6 Å². The Labute approximate surface area is 239 Å². The molecule has 41 heavy (non-hydrogen) atoms. The largest absolute Gasteiger partial charge is 0.353 e. The van der Waals surface area contributed by atoms with E-state index in [4.69, 9.17) is 0 Å². The Morgan fingerprint density at radius 3 is 2.22 bits per heavy atom. The summed E-state index contributed by atoms with van der Waals surface area (Å²) < 4.78 is 13.1. The molecule has 0 spiro atoms. The molecule has 0 unspecified atom stereocenters. The molecular weight excluding hydrogens is 523 g/mol. The average molecular weight is 559 g/mol. The number of rotatable bonds is 13. The first-order valence-corrected chi connectivity index (χ1v) is 13.8. The highest BCUT2D eigenvalue weighted by atomic mass is 19.1. The summed E-state index contributed by atoms with van der Waals surface area (Å²) in [5, 5.41) is 11.1. The highest BCUT2D eigenvalue weighted by Gasteiger charge is 2.39. The molecule has 3 aromatic carbocycles. The van der Waals surface area contributed by atoms with Crippen LogP contribution in [-0.4, -0.2) is 48.3 Å². The molecule has 4 N–H and O–H groups in total. The fourth-order valence-electron chi connectivity index (χ4n) is 4.33. The molecule has 3 aromatic rings. The standard InChI is InChI=1S/C32H35FN4O4/c1-32(16-17-32)37-29(39)21-27(36-28(38)15-12-22-10-13-26(33)14-11-22)31(41)35-19-18-34-30(40)25-9-5-8-24(20-25)23-6-3-2-4-7-23/h2-11,13-14,20,27H,12,15-19,21H2,1H3,(H,34,40)(H,35,41)(H,36,38)(H,37,39)/t27-/m0/s1. The van der Waals surface area contributed by atoms with Crippen molar-refractivity contribution >= 4 is 23.6 Å². The normalized spacial score (nSPS) is 13.9. The number of hydrogen-bond donors (Lipinski definition) is 4. The van der Waals surface area contributed by atoms with Gasteiger partial charge in [0.1, 0.15) is 11.9 Å². The molecule has 8 nitrogen and oxygen atoms in total. The number of hydrogen-bond acceptors (Lipinski definition) is 4. The first-order valence-electron chi connectivity index (χ1n) is 13.8. The highest BCUT2D eigenvalue weighted by molar-refractivity contribution is 5.95. The summed E-state index contributed by atoms with van der Waals surface area (Å²) in [6.07, 6.45) is 1.97. The lowest BCUT2D eigenvalue weighted by Crippen LogP contribution is -2.51. The molecule has 0 aliphatic heterocycles. The van der Waals surface area contributed by atoms with Crippen LogP contribution in [0.15, 0.2) is 78.9 Å². The predicted molar refractivity (Wildman–Crippen MR) is 154 cm³/mol.